The molecule has 5 heteroatoms. The van der Waals surface area contributed by atoms with Crippen LogP contribution in [-0.2, 0) is 14.3 Å². The van der Waals surface area contributed by atoms with E-state index in [1.807, 2.05) is 13.8 Å². The fourth-order valence-electron chi connectivity index (χ4n) is 1.55. The highest BCUT2D eigenvalue weighted by Gasteiger charge is 2.42. The first kappa shape index (κ1) is 12.0. The number of morpholine rings is 1. The van der Waals surface area contributed by atoms with Crippen molar-refractivity contribution in [2.24, 2.45) is 5.92 Å². The summed E-state index contributed by atoms with van der Waals surface area (Å²) in [6, 6.07) is 0. The topological polar surface area (TPSA) is 75.6 Å². The molecule has 0 saturated carbocycles. The lowest BCUT2D eigenvalue weighted by molar-refractivity contribution is -0.157. The molecule has 1 heterocycles. The van der Waals surface area contributed by atoms with Gasteiger partial charge in [-0.1, -0.05) is 13.8 Å². The Morgan fingerprint density at radius 2 is 2.33 bits per heavy atom. The van der Waals surface area contributed by atoms with Crippen LogP contribution < -0.4 is 5.32 Å². The summed E-state index contributed by atoms with van der Waals surface area (Å²) in [5.41, 5.74) is -1.22. The maximum atomic E-state index is 11.1. The molecule has 0 aromatic carbocycles. The third-order valence-electron chi connectivity index (χ3n) is 2.52. The van der Waals surface area contributed by atoms with Gasteiger partial charge in [0.05, 0.1) is 6.61 Å². The monoisotopic (exact) mass is 215 g/mol. The third kappa shape index (κ3) is 2.92. The summed E-state index contributed by atoms with van der Waals surface area (Å²) in [6.45, 7) is 4.04. The molecule has 1 amide bonds. The van der Waals surface area contributed by atoms with E-state index in [1.54, 1.807) is 0 Å². The molecule has 1 aliphatic heterocycles. The highest BCUT2D eigenvalue weighted by atomic mass is 16.5. The van der Waals surface area contributed by atoms with Crippen LogP contribution in [0.15, 0.2) is 0 Å². The maximum absolute atomic E-state index is 11.1. The molecule has 15 heavy (non-hydrogen) atoms. The molecule has 2 N–H and O–H groups in total. The molecule has 0 aromatic heterocycles. The van der Waals surface area contributed by atoms with Crippen LogP contribution in [0.5, 0.6) is 0 Å². The van der Waals surface area contributed by atoms with E-state index >= 15 is 0 Å². The number of carbonyl (C=O) groups excluding carboxylic acids is 1. The van der Waals surface area contributed by atoms with Crippen molar-refractivity contribution < 1.29 is 19.4 Å². The van der Waals surface area contributed by atoms with Gasteiger partial charge in [0, 0.05) is 0 Å². The molecule has 86 valence electrons. The zero-order valence-electron chi connectivity index (χ0n) is 9.08. The minimum absolute atomic E-state index is 0.0449. The van der Waals surface area contributed by atoms with Gasteiger partial charge in [-0.3, -0.25) is 4.79 Å². The minimum atomic E-state index is -1.22. The summed E-state index contributed by atoms with van der Waals surface area (Å²) in [7, 11) is 0. The average molecular weight is 215 g/mol. The Morgan fingerprint density at radius 1 is 1.67 bits per heavy atom. The lowest BCUT2D eigenvalue weighted by Crippen LogP contribution is -2.62. The fourth-order valence-corrected chi connectivity index (χ4v) is 1.55. The number of carboxylic acid groups (broad SMARTS) is 1. The first-order valence-electron chi connectivity index (χ1n) is 5.08. The van der Waals surface area contributed by atoms with E-state index in [0.717, 1.165) is 6.42 Å². The molecule has 1 saturated heterocycles. The number of carbonyl (C=O) groups is 2. The van der Waals surface area contributed by atoms with Gasteiger partial charge in [-0.15, -0.1) is 0 Å². The molecule has 0 aliphatic carbocycles. The van der Waals surface area contributed by atoms with Crippen LogP contribution in [0.2, 0.25) is 0 Å². The van der Waals surface area contributed by atoms with Crippen LogP contribution >= 0.6 is 0 Å². The van der Waals surface area contributed by atoms with Crippen molar-refractivity contribution in [3.05, 3.63) is 0 Å². The zero-order valence-corrected chi connectivity index (χ0v) is 9.08. The number of rotatable bonds is 4. The Kier molecular flexibility index (Phi) is 3.68. The van der Waals surface area contributed by atoms with Crippen LogP contribution in [0.4, 0.5) is 0 Å². The van der Waals surface area contributed by atoms with Gasteiger partial charge in [0.25, 0.3) is 0 Å². The second-order valence-corrected chi connectivity index (χ2v) is 4.36. The standard InChI is InChI=1S/C10H17NO4/c1-7(2)3-4-10(9(13)14)6-15-5-8(12)11-10/h7H,3-6H2,1-2H3,(H,11,12)(H,13,14). The van der Waals surface area contributed by atoms with E-state index < -0.39 is 11.5 Å². The van der Waals surface area contributed by atoms with Crippen LogP contribution in [0.25, 0.3) is 0 Å². The Morgan fingerprint density at radius 3 is 2.80 bits per heavy atom. The molecule has 0 bridgehead atoms. The summed E-state index contributed by atoms with van der Waals surface area (Å²) in [4.78, 5) is 22.3. The summed E-state index contributed by atoms with van der Waals surface area (Å²) >= 11 is 0. The molecule has 0 spiro atoms. The second kappa shape index (κ2) is 4.61. The van der Waals surface area contributed by atoms with Gasteiger partial charge in [0.2, 0.25) is 5.91 Å². The van der Waals surface area contributed by atoms with Gasteiger partial charge in [-0.05, 0) is 18.8 Å². The molecule has 5 nitrogen and oxygen atoms in total. The van der Waals surface area contributed by atoms with Gasteiger partial charge in [-0.25, -0.2) is 4.79 Å². The minimum Gasteiger partial charge on any atom is -0.479 e. The first-order valence-corrected chi connectivity index (χ1v) is 5.08. The van der Waals surface area contributed by atoms with Gasteiger partial charge in [-0.2, -0.15) is 0 Å². The van der Waals surface area contributed by atoms with Crippen molar-refractivity contribution in [1.29, 1.82) is 0 Å². The fraction of sp³-hybridized carbons (Fsp3) is 0.800. The summed E-state index contributed by atoms with van der Waals surface area (Å²) in [5, 5.41) is 11.6. The number of hydrogen-bond donors (Lipinski definition) is 2. The lowest BCUT2D eigenvalue weighted by atomic mass is 9.90. The predicted octanol–water partition coefficient (Wildman–Crippen LogP) is 0.392. The SMILES string of the molecule is CC(C)CCC1(C(=O)O)COCC(=O)N1. The number of carboxylic acids is 1. The smallest absolute Gasteiger partial charge is 0.331 e. The largest absolute Gasteiger partial charge is 0.479 e. The number of amides is 1. The third-order valence-corrected chi connectivity index (χ3v) is 2.52. The Balaban J connectivity index is 2.69. The summed E-state index contributed by atoms with van der Waals surface area (Å²) in [5.74, 6) is -0.969. The van der Waals surface area contributed by atoms with Crippen molar-refractivity contribution in [2.75, 3.05) is 13.2 Å². The number of hydrogen-bond acceptors (Lipinski definition) is 3. The predicted molar refractivity (Wildman–Crippen MR) is 53.4 cm³/mol. The first-order chi connectivity index (χ1) is 6.96. The van der Waals surface area contributed by atoms with Crippen molar-refractivity contribution in [2.45, 2.75) is 32.2 Å². The molecular formula is C10H17NO4. The van der Waals surface area contributed by atoms with Crippen LogP contribution in [0.3, 0.4) is 0 Å². The number of nitrogens with one attached hydrogen (secondary N) is 1. The van der Waals surface area contributed by atoms with Gasteiger partial charge < -0.3 is 15.2 Å². The van der Waals surface area contributed by atoms with Crippen molar-refractivity contribution in [1.82, 2.24) is 5.32 Å². The van der Waals surface area contributed by atoms with Crippen molar-refractivity contribution >= 4 is 11.9 Å². The number of aliphatic carboxylic acids is 1. The highest BCUT2D eigenvalue weighted by Crippen LogP contribution is 2.20. The van der Waals surface area contributed by atoms with Gasteiger partial charge in [0.15, 0.2) is 5.54 Å². The molecule has 1 rings (SSSR count). The zero-order chi connectivity index (χ0) is 11.5. The summed E-state index contributed by atoms with van der Waals surface area (Å²) in [6.07, 6.45) is 1.15. The Labute approximate surface area is 88.8 Å². The van der Waals surface area contributed by atoms with Crippen molar-refractivity contribution in [3.63, 3.8) is 0 Å². The summed E-state index contributed by atoms with van der Waals surface area (Å²) < 4.78 is 5.00. The second-order valence-electron chi connectivity index (χ2n) is 4.36. The van der Waals surface area contributed by atoms with E-state index in [2.05, 4.69) is 5.32 Å². The highest BCUT2D eigenvalue weighted by molar-refractivity contribution is 5.88. The van der Waals surface area contributed by atoms with E-state index in [4.69, 9.17) is 9.84 Å². The van der Waals surface area contributed by atoms with Gasteiger partial charge >= 0.3 is 5.97 Å². The lowest BCUT2D eigenvalue weighted by Gasteiger charge is -2.34. The van der Waals surface area contributed by atoms with Crippen molar-refractivity contribution in [3.8, 4) is 0 Å². The Hall–Kier alpha value is -1.10. The van der Waals surface area contributed by atoms with Crippen LogP contribution in [-0.4, -0.2) is 35.7 Å². The average Bonchev–Trinajstić information content (AvgIpc) is 2.14. The van der Waals surface area contributed by atoms with Crippen LogP contribution in [0, 0.1) is 5.92 Å². The van der Waals surface area contributed by atoms with E-state index in [0.29, 0.717) is 12.3 Å². The molecule has 0 radical (unpaired) electrons. The van der Waals surface area contributed by atoms with E-state index in [-0.39, 0.29) is 19.1 Å². The van der Waals surface area contributed by atoms with E-state index in [1.165, 1.54) is 0 Å². The molecule has 1 aliphatic rings. The number of ether oxygens (including phenoxy) is 1. The maximum Gasteiger partial charge on any atom is 0.331 e. The molecule has 1 atom stereocenters. The van der Waals surface area contributed by atoms with Crippen LogP contribution in [0.1, 0.15) is 26.7 Å². The quantitative estimate of drug-likeness (QED) is 0.711. The van der Waals surface area contributed by atoms with Gasteiger partial charge in [0.1, 0.15) is 6.61 Å². The molecule has 1 fully saturated rings. The molecule has 0 aromatic rings. The normalized spacial score (nSPS) is 26.5. The van der Waals surface area contributed by atoms with E-state index in [9.17, 15) is 9.59 Å². The molecule has 1 unspecified atom stereocenters. The Bertz CT molecular complexity index is 264. The molecular weight excluding hydrogens is 198 g/mol.